The minimum atomic E-state index is -4.04. The molecule has 0 heterocycles. The fraction of sp³-hybridized carbons (Fsp3) is 0.200. The molecule has 1 amide bonds. The van der Waals surface area contributed by atoms with Gasteiger partial charge in [0.15, 0.2) is 6.61 Å². The number of hydrogen-bond acceptors (Lipinski definition) is 6. The maximum atomic E-state index is 12.8. The highest BCUT2D eigenvalue weighted by Gasteiger charge is 2.22. The Morgan fingerprint density at radius 2 is 1.83 bits per heavy atom. The predicted octanol–water partition coefficient (Wildman–Crippen LogP) is 2.26. The first-order valence-electron chi connectivity index (χ1n) is 8.59. The number of methoxy groups -OCH3 is 1. The zero-order valence-corrected chi connectivity index (χ0v) is 16.9. The van der Waals surface area contributed by atoms with Gasteiger partial charge in [-0.1, -0.05) is 23.8 Å². The molecule has 0 saturated heterocycles. The number of sulfonamides is 1. The normalized spacial score (nSPS) is 10.7. The number of carbonyl (C=O) groups is 2. The van der Waals surface area contributed by atoms with Gasteiger partial charge in [0.2, 0.25) is 0 Å². The van der Waals surface area contributed by atoms with E-state index < -0.39 is 28.5 Å². The summed E-state index contributed by atoms with van der Waals surface area (Å²) in [4.78, 5) is 23.5. The second-order valence-corrected chi connectivity index (χ2v) is 7.66. The van der Waals surface area contributed by atoms with E-state index in [4.69, 9.17) is 9.47 Å². The van der Waals surface area contributed by atoms with Crippen LogP contribution in [0.2, 0.25) is 0 Å². The Morgan fingerprint density at radius 3 is 2.45 bits per heavy atom. The SMILES string of the molecule is C=CCNC(=O)COC(=O)c1ccc(OC)c(S(=O)(=O)Nc2ccc(C)cc2)c1. The monoisotopic (exact) mass is 418 g/mol. The van der Waals surface area contributed by atoms with Crippen LogP contribution in [0.15, 0.2) is 60.0 Å². The number of esters is 1. The van der Waals surface area contributed by atoms with E-state index >= 15 is 0 Å². The summed E-state index contributed by atoms with van der Waals surface area (Å²) in [5.74, 6) is -1.28. The Bertz CT molecular complexity index is 1000. The van der Waals surface area contributed by atoms with E-state index in [0.717, 1.165) is 11.6 Å². The van der Waals surface area contributed by atoms with Crippen LogP contribution < -0.4 is 14.8 Å². The van der Waals surface area contributed by atoms with Gasteiger partial charge < -0.3 is 14.8 Å². The van der Waals surface area contributed by atoms with E-state index in [-0.39, 0.29) is 22.8 Å². The molecule has 0 radical (unpaired) electrons. The van der Waals surface area contributed by atoms with Crippen molar-refractivity contribution in [2.75, 3.05) is 25.0 Å². The third-order valence-corrected chi connectivity index (χ3v) is 5.17. The summed E-state index contributed by atoms with van der Waals surface area (Å²) in [7, 11) is -2.72. The lowest BCUT2D eigenvalue weighted by Gasteiger charge is -2.13. The topological polar surface area (TPSA) is 111 Å². The fourth-order valence-corrected chi connectivity index (χ4v) is 3.55. The van der Waals surface area contributed by atoms with Crippen molar-refractivity contribution < 1.29 is 27.5 Å². The van der Waals surface area contributed by atoms with Crippen LogP contribution in [-0.2, 0) is 19.6 Å². The molecule has 0 spiro atoms. The molecule has 9 heteroatoms. The molecule has 2 rings (SSSR count). The van der Waals surface area contributed by atoms with Gasteiger partial charge in [0.1, 0.15) is 10.6 Å². The highest BCUT2D eigenvalue weighted by atomic mass is 32.2. The highest BCUT2D eigenvalue weighted by molar-refractivity contribution is 7.92. The van der Waals surface area contributed by atoms with Gasteiger partial charge in [0.25, 0.3) is 15.9 Å². The highest BCUT2D eigenvalue weighted by Crippen LogP contribution is 2.27. The van der Waals surface area contributed by atoms with Gasteiger partial charge in [-0.2, -0.15) is 0 Å². The number of aryl methyl sites for hydroxylation is 1. The first kappa shape index (κ1) is 22.0. The largest absolute Gasteiger partial charge is 0.495 e. The number of rotatable bonds is 9. The first-order chi connectivity index (χ1) is 13.8. The Kier molecular flexibility index (Phi) is 7.38. The molecule has 0 bridgehead atoms. The lowest BCUT2D eigenvalue weighted by molar-refractivity contribution is -0.124. The Labute approximate surface area is 169 Å². The third-order valence-electron chi connectivity index (χ3n) is 3.77. The molecule has 2 N–H and O–H groups in total. The average Bonchev–Trinajstić information content (AvgIpc) is 2.71. The van der Waals surface area contributed by atoms with Gasteiger partial charge in [-0.15, -0.1) is 6.58 Å². The van der Waals surface area contributed by atoms with Crippen LogP contribution in [0.5, 0.6) is 5.75 Å². The van der Waals surface area contributed by atoms with E-state index in [1.165, 1.54) is 25.3 Å². The van der Waals surface area contributed by atoms with Crippen LogP contribution >= 0.6 is 0 Å². The van der Waals surface area contributed by atoms with Crippen molar-refractivity contribution >= 4 is 27.6 Å². The van der Waals surface area contributed by atoms with Crippen molar-refractivity contribution in [2.24, 2.45) is 0 Å². The number of hydrogen-bond donors (Lipinski definition) is 2. The number of anilines is 1. The number of nitrogens with one attached hydrogen (secondary N) is 2. The van der Waals surface area contributed by atoms with Crippen molar-refractivity contribution in [3.8, 4) is 5.75 Å². The van der Waals surface area contributed by atoms with Crippen molar-refractivity contribution in [3.63, 3.8) is 0 Å². The maximum absolute atomic E-state index is 12.8. The van der Waals surface area contributed by atoms with E-state index in [0.29, 0.717) is 5.69 Å². The molecule has 154 valence electrons. The molecule has 0 aliphatic rings. The van der Waals surface area contributed by atoms with E-state index in [1.807, 2.05) is 6.92 Å². The second-order valence-electron chi connectivity index (χ2n) is 6.01. The van der Waals surface area contributed by atoms with Gasteiger partial charge in [-0.05, 0) is 37.3 Å². The summed E-state index contributed by atoms with van der Waals surface area (Å²) in [5.41, 5.74) is 1.31. The lowest BCUT2D eigenvalue weighted by Crippen LogP contribution is -2.28. The van der Waals surface area contributed by atoms with Gasteiger partial charge in [0.05, 0.1) is 12.7 Å². The minimum Gasteiger partial charge on any atom is -0.495 e. The molecule has 0 fully saturated rings. The summed E-state index contributed by atoms with van der Waals surface area (Å²) in [5, 5.41) is 2.46. The number of ether oxygens (including phenoxy) is 2. The molecule has 0 saturated carbocycles. The van der Waals surface area contributed by atoms with Crippen LogP contribution in [0.3, 0.4) is 0 Å². The van der Waals surface area contributed by atoms with Gasteiger partial charge in [0, 0.05) is 12.2 Å². The summed E-state index contributed by atoms with van der Waals surface area (Å²) in [6.45, 7) is 5.09. The zero-order chi connectivity index (χ0) is 21.4. The number of benzene rings is 2. The molecule has 29 heavy (non-hydrogen) atoms. The summed E-state index contributed by atoms with van der Waals surface area (Å²) in [6, 6.07) is 10.6. The molecular weight excluding hydrogens is 396 g/mol. The zero-order valence-electron chi connectivity index (χ0n) is 16.1. The molecule has 0 aliphatic heterocycles. The van der Waals surface area contributed by atoms with Crippen LogP contribution in [0.1, 0.15) is 15.9 Å². The van der Waals surface area contributed by atoms with Crippen LogP contribution in [-0.4, -0.2) is 40.6 Å². The van der Waals surface area contributed by atoms with Gasteiger partial charge in [-0.3, -0.25) is 9.52 Å². The molecule has 2 aromatic rings. The van der Waals surface area contributed by atoms with Crippen LogP contribution in [0.4, 0.5) is 5.69 Å². The standard InChI is InChI=1S/C20H22N2O6S/c1-4-11-21-19(23)13-28-20(24)15-7-10-17(27-3)18(12-15)29(25,26)22-16-8-5-14(2)6-9-16/h4-10,12,22H,1,11,13H2,2-3H3,(H,21,23). The predicted molar refractivity (Wildman–Crippen MR) is 108 cm³/mol. The van der Waals surface area contributed by atoms with Crippen molar-refractivity contribution in [3.05, 3.63) is 66.2 Å². The summed E-state index contributed by atoms with van der Waals surface area (Å²) >= 11 is 0. The fourth-order valence-electron chi connectivity index (χ4n) is 2.30. The Hall–Kier alpha value is -3.33. The average molecular weight is 418 g/mol. The molecule has 0 atom stereocenters. The third kappa shape index (κ3) is 6.08. The molecule has 0 aliphatic carbocycles. The van der Waals surface area contributed by atoms with Crippen molar-refractivity contribution in [2.45, 2.75) is 11.8 Å². The maximum Gasteiger partial charge on any atom is 0.338 e. The Balaban J connectivity index is 2.23. The van der Waals surface area contributed by atoms with E-state index in [9.17, 15) is 18.0 Å². The van der Waals surface area contributed by atoms with Gasteiger partial charge in [-0.25, -0.2) is 13.2 Å². The van der Waals surface area contributed by atoms with Crippen molar-refractivity contribution in [1.82, 2.24) is 5.32 Å². The van der Waals surface area contributed by atoms with Crippen LogP contribution in [0, 0.1) is 6.92 Å². The Morgan fingerprint density at radius 1 is 1.14 bits per heavy atom. The minimum absolute atomic E-state index is 0.0356. The first-order valence-corrected chi connectivity index (χ1v) is 10.1. The molecule has 0 aromatic heterocycles. The summed E-state index contributed by atoms with van der Waals surface area (Å²) < 4.78 is 38.1. The molecule has 2 aromatic carbocycles. The van der Waals surface area contributed by atoms with Gasteiger partial charge >= 0.3 is 5.97 Å². The smallest absolute Gasteiger partial charge is 0.338 e. The molecule has 0 unspecified atom stereocenters. The molecule has 8 nitrogen and oxygen atoms in total. The van der Waals surface area contributed by atoms with Crippen molar-refractivity contribution in [1.29, 1.82) is 0 Å². The van der Waals surface area contributed by atoms with E-state index in [2.05, 4.69) is 16.6 Å². The number of amides is 1. The lowest BCUT2D eigenvalue weighted by atomic mass is 10.2. The summed E-state index contributed by atoms with van der Waals surface area (Å²) in [6.07, 6.45) is 1.49. The second kappa shape index (κ2) is 9.74. The van der Waals surface area contributed by atoms with Crippen LogP contribution in [0.25, 0.3) is 0 Å². The number of carbonyl (C=O) groups excluding carboxylic acids is 2. The quantitative estimate of drug-likeness (QED) is 0.477. The molecular formula is C20H22N2O6S. The van der Waals surface area contributed by atoms with E-state index in [1.54, 1.807) is 24.3 Å².